The SMILES string of the molecule is CCCCCCCCC1CCc2c([nH]c3ccc(Br)cc23)C1. The van der Waals surface area contributed by atoms with Crippen LogP contribution in [0.15, 0.2) is 22.7 Å². The number of fused-ring (bicyclic) bond motifs is 3. The van der Waals surface area contributed by atoms with Gasteiger partial charge in [0.1, 0.15) is 0 Å². The molecule has 1 aromatic heterocycles. The van der Waals surface area contributed by atoms with Crippen molar-refractivity contribution in [2.75, 3.05) is 0 Å². The Morgan fingerprint density at radius 2 is 1.95 bits per heavy atom. The summed E-state index contributed by atoms with van der Waals surface area (Å²) in [6.45, 7) is 2.29. The predicted octanol–water partition coefficient (Wildman–Crippen LogP) is 6.79. The quantitative estimate of drug-likeness (QED) is 0.522. The van der Waals surface area contributed by atoms with E-state index in [-0.39, 0.29) is 0 Å². The van der Waals surface area contributed by atoms with Gasteiger partial charge in [0.05, 0.1) is 0 Å². The molecule has 1 heterocycles. The van der Waals surface area contributed by atoms with E-state index in [1.807, 2.05) is 0 Å². The fraction of sp³-hybridized carbons (Fsp3) is 0.600. The van der Waals surface area contributed by atoms with E-state index in [0.29, 0.717) is 0 Å². The first-order valence-corrected chi connectivity index (χ1v) is 9.86. The first-order valence-electron chi connectivity index (χ1n) is 9.07. The van der Waals surface area contributed by atoms with Crippen molar-refractivity contribution in [1.29, 1.82) is 0 Å². The van der Waals surface area contributed by atoms with E-state index >= 15 is 0 Å². The minimum atomic E-state index is 0.898. The molecule has 1 aliphatic rings. The number of H-pyrrole nitrogens is 1. The predicted molar refractivity (Wildman–Crippen MR) is 99.5 cm³/mol. The van der Waals surface area contributed by atoms with Gasteiger partial charge in [0, 0.05) is 21.1 Å². The second-order valence-corrected chi connectivity index (χ2v) is 7.85. The van der Waals surface area contributed by atoms with Gasteiger partial charge in [-0.1, -0.05) is 67.8 Å². The number of hydrogen-bond acceptors (Lipinski definition) is 0. The molecule has 1 atom stereocenters. The third kappa shape index (κ3) is 3.76. The van der Waals surface area contributed by atoms with Crippen LogP contribution < -0.4 is 0 Å². The number of nitrogens with one attached hydrogen (secondary N) is 1. The number of rotatable bonds is 7. The minimum absolute atomic E-state index is 0.898. The summed E-state index contributed by atoms with van der Waals surface area (Å²) in [6.07, 6.45) is 13.8. The Hall–Kier alpha value is -0.760. The number of aromatic amines is 1. The Morgan fingerprint density at radius 1 is 1.14 bits per heavy atom. The molecule has 0 amide bonds. The fourth-order valence-electron chi connectivity index (χ4n) is 3.93. The van der Waals surface area contributed by atoms with Crippen LogP contribution in [0.25, 0.3) is 10.9 Å². The van der Waals surface area contributed by atoms with Crippen LogP contribution >= 0.6 is 15.9 Å². The second-order valence-electron chi connectivity index (χ2n) is 6.94. The molecule has 3 rings (SSSR count). The number of unbranched alkanes of at least 4 members (excludes halogenated alkanes) is 5. The summed E-state index contributed by atoms with van der Waals surface area (Å²) >= 11 is 3.60. The maximum absolute atomic E-state index is 3.67. The Morgan fingerprint density at radius 3 is 2.82 bits per heavy atom. The van der Waals surface area contributed by atoms with Crippen molar-refractivity contribution in [3.8, 4) is 0 Å². The van der Waals surface area contributed by atoms with Gasteiger partial charge in [-0.25, -0.2) is 0 Å². The zero-order chi connectivity index (χ0) is 15.4. The van der Waals surface area contributed by atoms with Crippen molar-refractivity contribution in [3.63, 3.8) is 0 Å². The molecule has 2 heteroatoms. The average Bonchev–Trinajstić information content (AvgIpc) is 2.88. The molecule has 1 nitrogen and oxygen atoms in total. The normalized spacial score (nSPS) is 17.8. The second kappa shape index (κ2) is 7.68. The van der Waals surface area contributed by atoms with Crippen molar-refractivity contribution in [1.82, 2.24) is 4.98 Å². The highest BCUT2D eigenvalue weighted by Gasteiger charge is 2.22. The Kier molecular flexibility index (Phi) is 5.62. The van der Waals surface area contributed by atoms with Crippen LogP contribution in [0, 0.1) is 5.92 Å². The highest BCUT2D eigenvalue weighted by Crippen LogP contribution is 2.34. The summed E-state index contributed by atoms with van der Waals surface area (Å²) in [4.78, 5) is 3.67. The summed E-state index contributed by atoms with van der Waals surface area (Å²) in [5.41, 5.74) is 4.40. The van der Waals surface area contributed by atoms with Crippen molar-refractivity contribution in [2.24, 2.45) is 5.92 Å². The third-order valence-electron chi connectivity index (χ3n) is 5.22. The summed E-state index contributed by atoms with van der Waals surface area (Å²) in [7, 11) is 0. The third-order valence-corrected chi connectivity index (χ3v) is 5.71. The van der Waals surface area contributed by atoms with Crippen molar-refractivity contribution < 1.29 is 0 Å². The van der Waals surface area contributed by atoms with Gasteiger partial charge in [-0.3, -0.25) is 0 Å². The summed E-state index contributed by atoms with van der Waals surface area (Å²) in [5.74, 6) is 0.898. The van der Waals surface area contributed by atoms with Gasteiger partial charge < -0.3 is 4.98 Å². The van der Waals surface area contributed by atoms with E-state index < -0.39 is 0 Å². The van der Waals surface area contributed by atoms with Gasteiger partial charge in [-0.05, 0) is 48.9 Å². The molecule has 1 unspecified atom stereocenters. The Bertz CT molecular complexity index is 613. The first kappa shape index (κ1) is 16.1. The van der Waals surface area contributed by atoms with Crippen LogP contribution in [-0.2, 0) is 12.8 Å². The number of halogens is 1. The molecule has 0 fully saturated rings. The van der Waals surface area contributed by atoms with Gasteiger partial charge in [-0.15, -0.1) is 0 Å². The smallest absolute Gasteiger partial charge is 0.0459 e. The maximum Gasteiger partial charge on any atom is 0.0459 e. The maximum atomic E-state index is 3.67. The van der Waals surface area contributed by atoms with Crippen LogP contribution in [0.4, 0.5) is 0 Å². The van der Waals surface area contributed by atoms with Crippen molar-refractivity contribution >= 4 is 26.8 Å². The van der Waals surface area contributed by atoms with Crippen molar-refractivity contribution in [2.45, 2.75) is 71.1 Å². The number of aromatic nitrogens is 1. The molecule has 1 aliphatic carbocycles. The highest BCUT2D eigenvalue weighted by molar-refractivity contribution is 9.10. The summed E-state index contributed by atoms with van der Waals surface area (Å²) in [6, 6.07) is 6.62. The molecule has 1 aromatic carbocycles. The molecule has 1 N–H and O–H groups in total. The van der Waals surface area contributed by atoms with Crippen LogP contribution in [0.5, 0.6) is 0 Å². The number of hydrogen-bond donors (Lipinski definition) is 1. The van der Waals surface area contributed by atoms with Gasteiger partial charge in [0.25, 0.3) is 0 Å². The van der Waals surface area contributed by atoms with E-state index in [9.17, 15) is 0 Å². The molecule has 0 spiro atoms. The van der Waals surface area contributed by atoms with E-state index in [1.54, 1.807) is 5.56 Å². The van der Waals surface area contributed by atoms with Gasteiger partial charge in [0.15, 0.2) is 0 Å². The first-order chi connectivity index (χ1) is 10.8. The number of aryl methyl sites for hydroxylation is 1. The van der Waals surface area contributed by atoms with Crippen LogP contribution in [-0.4, -0.2) is 4.98 Å². The monoisotopic (exact) mass is 361 g/mol. The van der Waals surface area contributed by atoms with Crippen LogP contribution in [0.1, 0.15) is 69.5 Å². The lowest BCUT2D eigenvalue weighted by molar-refractivity contribution is 0.402. The highest BCUT2D eigenvalue weighted by atomic mass is 79.9. The average molecular weight is 362 g/mol. The Balaban J connectivity index is 1.54. The summed E-state index contributed by atoms with van der Waals surface area (Å²) in [5, 5.41) is 1.43. The van der Waals surface area contributed by atoms with Crippen LogP contribution in [0.3, 0.4) is 0 Å². The fourth-order valence-corrected chi connectivity index (χ4v) is 4.30. The minimum Gasteiger partial charge on any atom is -0.358 e. The zero-order valence-corrected chi connectivity index (χ0v) is 15.3. The lowest BCUT2D eigenvalue weighted by Crippen LogP contribution is -2.13. The zero-order valence-electron chi connectivity index (χ0n) is 13.8. The molecule has 0 saturated heterocycles. The lowest BCUT2D eigenvalue weighted by Gasteiger charge is -2.22. The molecule has 0 bridgehead atoms. The van der Waals surface area contributed by atoms with E-state index in [0.717, 1.165) is 5.92 Å². The summed E-state index contributed by atoms with van der Waals surface area (Å²) < 4.78 is 1.19. The molecule has 2 aromatic rings. The standard InChI is InChI=1S/C20H28BrN/c1-2-3-4-5-6-7-8-15-9-11-17-18-14-16(21)10-12-19(18)22-20(17)13-15/h10,12,14-15,22H,2-9,11,13H2,1H3. The van der Waals surface area contributed by atoms with Gasteiger partial charge >= 0.3 is 0 Å². The van der Waals surface area contributed by atoms with Crippen molar-refractivity contribution in [3.05, 3.63) is 33.9 Å². The van der Waals surface area contributed by atoms with E-state index in [2.05, 4.69) is 46.0 Å². The largest absolute Gasteiger partial charge is 0.358 e. The van der Waals surface area contributed by atoms with Gasteiger partial charge in [0.2, 0.25) is 0 Å². The lowest BCUT2D eigenvalue weighted by atomic mass is 9.84. The molecule has 22 heavy (non-hydrogen) atoms. The van der Waals surface area contributed by atoms with E-state index in [4.69, 9.17) is 0 Å². The van der Waals surface area contributed by atoms with Gasteiger partial charge in [-0.2, -0.15) is 0 Å². The molecule has 0 saturated carbocycles. The molecule has 120 valence electrons. The topological polar surface area (TPSA) is 15.8 Å². The number of benzene rings is 1. The van der Waals surface area contributed by atoms with E-state index in [1.165, 1.54) is 85.3 Å². The molecule has 0 radical (unpaired) electrons. The Labute approximate surface area is 143 Å². The molecule has 0 aliphatic heterocycles. The molecular formula is C20H28BrN. The van der Waals surface area contributed by atoms with Crippen LogP contribution in [0.2, 0.25) is 0 Å². The molecular weight excluding hydrogens is 334 g/mol.